The van der Waals surface area contributed by atoms with Crippen molar-refractivity contribution in [3.8, 4) is 11.5 Å². The number of hydrogen-bond donors (Lipinski definition) is 1. The molecular formula is C20H29NO4Si. The zero-order chi connectivity index (χ0) is 20.1. The maximum Gasteiger partial charge on any atom is 0.412 e. The van der Waals surface area contributed by atoms with Crippen LogP contribution in [0.25, 0.3) is 0 Å². The van der Waals surface area contributed by atoms with Gasteiger partial charge in [0, 0.05) is 11.3 Å². The quantitative estimate of drug-likeness (QED) is 0.486. The molecule has 0 heterocycles. The van der Waals surface area contributed by atoms with Gasteiger partial charge in [0.1, 0.15) is 13.7 Å². The molecule has 5 nitrogen and oxygen atoms in total. The van der Waals surface area contributed by atoms with Gasteiger partial charge in [-0.15, -0.1) is 5.54 Å². The predicted octanol–water partition coefficient (Wildman–Crippen LogP) is 4.29. The van der Waals surface area contributed by atoms with Crippen molar-refractivity contribution in [2.45, 2.75) is 59.4 Å². The molecule has 1 aromatic rings. The summed E-state index contributed by atoms with van der Waals surface area (Å²) in [5.74, 6) is 2.83. The van der Waals surface area contributed by atoms with Crippen LogP contribution in [0.5, 0.6) is 0 Å². The molecule has 6 heteroatoms. The Balaban J connectivity index is 3.28. The second kappa shape index (κ2) is 8.41. The van der Waals surface area contributed by atoms with Crippen LogP contribution in [0.1, 0.15) is 37.5 Å². The molecule has 1 amide bonds. The third kappa shape index (κ3) is 7.75. The van der Waals surface area contributed by atoms with E-state index in [1.165, 1.54) is 7.11 Å². The molecule has 26 heavy (non-hydrogen) atoms. The van der Waals surface area contributed by atoms with Crippen molar-refractivity contribution in [2.24, 2.45) is 0 Å². The van der Waals surface area contributed by atoms with Gasteiger partial charge in [0.25, 0.3) is 0 Å². The molecule has 0 fully saturated rings. The van der Waals surface area contributed by atoms with Gasteiger partial charge in [0.15, 0.2) is 0 Å². The van der Waals surface area contributed by atoms with Crippen LogP contribution in [0.15, 0.2) is 12.1 Å². The first-order chi connectivity index (χ1) is 11.8. The van der Waals surface area contributed by atoms with Crippen molar-refractivity contribution in [1.82, 2.24) is 0 Å². The molecule has 0 aromatic heterocycles. The van der Waals surface area contributed by atoms with Crippen LogP contribution in [0, 0.1) is 18.4 Å². The minimum atomic E-state index is -1.56. The van der Waals surface area contributed by atoms with Crippen LogP contribution >= 0.6 is 0 Å². The third-order valence-corrected chi connectivity index (χ3v) is 4.17. The number of carbonyl (C=O) groups is 2. The van der Waals surface area contributed by atoms with Crippen molar-refractivity contribution in [2.75, 3.05) is 12.4 Å². The lowest BCUT2D eigenvalue weighted by Crippen LogP contribution is -2.27. The average Bonchev–Trinajstić information content (AvgIpc) is 2.46. The van der Waals surface area contributed by atoms with Gasteiger partial charge < -0.3 is 9.47 Å². The second-order valence-electron chi connectivity index (χ2n) is 8.19. The summed E-state index contributed by atoms with van der Waals surface area (Å²) in [6.45, 7) is 13.7. The molecular weight excluding hydrogens is 346 g/mol. The van der Waals surface area contributed by atoms with Crippen LogP contribution in [-0.4, -0.2) is 32.8 Å². The molecule has 0 spiro atoms. The number of nitrogens with one attached hydrogen (secondary N) is 1. The summed E-state index contributed by atoms with van der Waals surface area (Å²) in [5, 5.41) is 2.77. The maximum atomic E-state index is 12.1. The Morgan fingerprint density at radius 1 is 1.19 bits per heavy atom. The van der Waals surface area contributed by atoms with Gasteiger partial charge in [0.05, 0.1) is 13.5 Å². The van der Waals surface area contributed by atoms with Gasteiger partial charge in [-0.3, -0.25) is 10.1 Å². The summed E-state index contributed by atoms with van der Waals surface area (Å²) < 4.78 is 10.1. The SMILES string of the molecule is COC(=O)Cc1cc(C#C[Si](C)(C)C)cc(NC(=O)OC(C)(C)C)c1C. The topological polar surface area (TPSA) is 64.6 Å². The molecule has 0 atom stereocenters. The lowest BCUT2D eigenvalue weighted by Gasteiger charge is -2.21. The molecule has 0 bridgehead atoms. The molecule has 1 aromatic carbocycles. The predicted molar refractivity (Wildman–Crippen MR) is 107 cm³/mol. The first-order valence-electron chi connectivity index (χ1n) is 8.54. The first-order valence-corrected chi connectivity index (χ1v) is 12.0. The Bertz CT molecular complexity index is 746. The lowest BCUT2D eigenvalue weighted by atomic mass is 10.0. The molecule has 0 unspecified atom stereocenters. The van der Waals surface area contributed by atoms with Crippen molar-refractivity contribution in [1.29, 1.82) is 0 Å². The lowest BCUT2D eigenvalue weighted by molar-refractivity contribution is -0.139. The van der Waals surface area contributed by atoms with Gasteiger partial charge in [-0.1, -0.05) is 25.6 Å². The largest absolute Gasteiger partial charge is 0.469 e. The average molecular weight is 376 g/mol. The van der Waals surface area contributed by atoms with Crippen molar-refractivity contribution in [3.63, 3.8) is 0 Å². The summed E-state index contributed by atoms with van der Waals surface area (Å²) in [7, 11) is -0.202. The van der Waals surface area contributed by atoms with Crippen LogP contribution in [0.4, 0.5) is 10.5 Å². The standard InChI is InChI=1S/C20H29NO4Si/c1-14-16(13-18(22)24-5)11-15(9-10-26(6,7)8)12-17(14)21-19(23)25-20(2,3)4/h11-12H,13H2,1-8H3,(H,21,23). The number of rotatable bonds is 3. The minimum Gasteiger partial charge on any atom is -0.469 e. The van der Waals surface area contributed by atoms with E-state index in [0.29, 0.717) is 5.69 Å². The van der Waals surface area contributed by atoms with Gasteiger partial charge in [-0.05, 0) is 51.0 Å². The smallest absolute Gasteiger partial charge is 0.412 e. The Kier molecular flexibility index (Phi) is 7.05. The van der Waals surface area contributed by atoms with Crippen molar-refractivity contribution < 1.29 is 19.1 Å². The highest BCUT2D eigenvalue weighted by Crippen LogP contribution is 2.23. The van der Waals surface area contributed by atoms with E-state index in [1.807, 2.05) is 19.1 Å². The molecule has 0 saturated carbocycles. The summed E-state index contributed by atoms with van der Waals surface area (Å²) >= 11 is 0. The molecule has 0 aliphatic carbocycles. The highest BCUT2D eigenvalue weighted by Gasteiger charge is 2.18. The summed E-state index contributed by atoms with van der Waals surface area (Å²) in [4.78, 5) is 23.9. The fourth-order valence-electron chi connectivity index (χ4n) is 2.06. The maximum absolute atomic E-state index is 12.1. The van der Waals surface area contributed by atoms with Gasteiger partial charge in [0.2, 0.25) is 0 Å². The second-order valence-corrected chi connectivity index (χ2v) is 12.9. The van der Waals surface area contributed by atoms with E-state index in [4.69, 9.17) is 9.47 Å². The van der Waals surface area contributed by atoms with E-state index >= 15 is 0 Å². The van der Waals surface area contributed by atoms with Crippen LogP contribution in [0.2, 0.25) is 19.6 Å². The molecule has 0 aliphatic rings. The van der Waals surface area contributed by atoms with Crippen molar-refractivity contribution >= 4 is 25.8 Å². The summed E-state index contributed by atoms with van der Waals surface area (Å²) in [6.07, 6.45) is -0.423. The van der Waals surface area contributed by atoms with Crippen molar-refractivity contribution in [3.05, 3.63) is 28.8 Å². The van der Waals surface area contributed by atoms with E-state index in [-0.39, 0.29) is 12.4 Å². The minimum absolute atomic E-state index is 0.119. The number of hydrogen-bond acceptors (Lipinski definition) is 4. The van der Waals surface area contributed by atoms with Crippen LogP contribution in [-0.2, 0) is 20.7 Å². The molecule has 0 aliphatic heterocycles. The highest BCUT2D eigenvalue weighted by molar-refractivity contribution is 6.83. The molecule has 0 saturated heterocycles. The van der Waals surface area contributed by atoms with E-state index in [9.17, 15) is 9.59 Å². The number of carbonyl (C=O) groups excluding carboxylic acids is 2. The van der Waals surface area contributed by atoms with Gasteiger partial charge >= 0.3 is 12.1 Å². The van der Waals surface area contributed by atoms with Gasteiger partial charge in [-0.2, -0.15) is 0 Å². The monoisotopic (exact) mass is 375 g/mol. The zero-order valence-electron chi connectivity index (χ0n) is 17.0. The number of esters is 1. The molecule has 0 radical (unpaired) electrons. The molecule has 1 N–H and O–H groups in total. The molecule has 142 valence electrons. The number of amides is 1. The van der Waals surface area contributed by atoms with E-state index in [1.54, 1.807) is 20.8 Å². The number of methoxy groups -OCH3 is 1. The zero-order valence-corrected chi connectivity index (χ0v) is 18.0. The highest BCUT2D eigenvalue weighted by atomic mass is 28.3. The number of benzene rings is 1. The molecule has 1 rings (SSSR count). The van der Waals surface area contributed by atoms with Gasteiger partial charge in [-0.25, -0.2) is 4.79 Å². The Labute approximate surface area is 157 Å². The fourth-order valence-corrected chi connectivity index (χ4v) is 2.58. The normalized spacial score (nSPS) is 11.2. The van der Waals surface area contributed by atoms with E-state index in [0.717, 1.165) is 16.7 Å². The van der Waals surface area contributed by atoms with E-state index in [2.05, 4.69) is 36.4 Å². The fraction of sp³-hybridized carbons (Fsp3) is 0.500. The number of ether oxygens (including phenoxy) is 2. The summed E-state index contributed by atoms with van der Waals surface area (Å²) in [6, 6.07) is 3.69. The third-order valence-electron chi connectivity index (χ3n) is 3.30. The van der Waals surface area contributed by atoms with Crippen LogP contribution in [0.3, 0.4) is 0 Å². The Hall–Kier alpha value is -2.26. The van der Waals surface area contributed by atoms with Crippen LogP contribution < -0.4 is 5.32 Å². The Morgan fingerprint density at radius 3 is 2.31 bits per heavy atom. The Morgan fingerprint density at radius 2 is 1.81 bits per heavy atom. The first kappa shape index (κ1) is 21.8. The number of anilines is 1. The van der Waals surface area contributed by atoms with E-state index < -0.39 is 19.8 Å². The summed E-state index contributed by atoms with van der Waals surface area (Å²) in [5.41, 5.74) is 5.60.